The molecule has 0 unspecified atom stereocenters. The monoisotopic (exact) mass is 207 g/mol. The lowest BCUT2D eigenvalue weighted by Gasteiger charge is -2.06. The first kappa shape index (κ1) is 11.2. The molecule has 0 aliphatic carbocycles. The number of rotatable bonds is 5. The lowest BCUT2D eigenvalue weighted by molar-refractivity contribution is -0.117. The molecule has 5 heteroatoms. The van der Waals surface area contributed by atoms with Crippen LogP contribution in [0.15, 0.2) is 24.3 Å². The summed E-state index contributed by atoms with van der Waals surface area (Å²) in [5.74, 6) is -0.918. The Balaban J connectivity index is 2.67. The van der Waals surface area contributed by atoms with Gasteiger partial charge < -0.3 is 16.8 Å². The largest absolute Gasteiger partial charge is 0.369 e. The highest BCUT2D eigenvalue weighted by Crippen LogP contribution is 2.07. The summed E-state index contributed by atoms with van der Waals surface area (Å²) in [5.41, 5.74) is 11.4. The Morgan fingerprint density at radius 2 is 1.87 bits per heavy atom. The van der Waals surface area contributed by atoms with E-state index in [1.54, 1.807) is 24.3 Å². The molecule has 0 atom stereocenters. The second kappa shape index (κ2) is 5.11. The van der Waals surface area contributed by atoms with Crippen LogP contribution in [-0.4, -0.2) is 18.4 Å². The van der Waals surface area contributed by atoms with Crippen molar-refractivity contribution in [1.29, 1.82) is 0 Å². The summed E-state index contributed by atoms with van der Waals surface area (Å²) in [6.07, 6.45) is 0. The Kier molecular flexibility index (Phi) is 3.82. The van der Waals surface area contributed by atoms with Crippen molar-refractivity contribution in [3.63, 3.8) is 0 Å². The number of carbonyl (C=O) groups is 2. The fourth-order valence-electron chi connectivity index (χ4n) is 1.24. The van der Waals surface area contributed by atoms with E-state index in [9.17, 15) is 9.59 Å². The molecule has 0 aliphatic heterocycles. The molecule has 1 rings (SSSR count). The van der Waals surface area contributed by atoms with Crippen LogP contribution in [0.3, 0.4) is 0 Å². The minimum atomic E-state index is -0.480. The number of hydrogen-bond donors (Lipinski definition) is 3. The molecule has 2 amide bonds. The van der Waals surface area contributed by atoms with Gasteiger partial charge in [0.2, 0.25) is 11.8 Å². The van der Waals surface area contributed by atoms with Crippen LogP contribution in [-0.2, 0) is 11.3 Å². The molecule has 1 aromatic carbocycles. The summed E-state index contributed by atoms with van der Waals surface area (Å²) in [5, 5.41) is 2.81. The minimum Gasteiger partial charge on any atom is -0.369 e. The van der Waals surface area contributed by atoms with Gasteiger partial charge in [-0.2, -0.15) is 0 Å². The summed E-state index contributed by atoms with van der Waals surface area (Å²) in [6.45, 7) is 0.467. The standard InChI is InChI=1S/C10H13N3O2/c11-9(14)6-13-5-7-3-1-2-4-8(7)10(12)15/h1-4,13H,5-6H2,(H2,11,14)(H2,12,15). The van der Waals surface area contributed by atoms with Crippen molar-refractivity contribution < 1.29 is 9.59 Å². The molecule has 0 aliphatic rings. The quantitative estimate of drug-likeness (QED) is 0.599. The number of nitrogens with two attached hydrogens (primary N) is 2. The average molecular weight is 207 g/mol. The molecule has 1 aromatic rings. The molecule has 15 heavy (non-hydrogen) atoms. The lowest BCUT2D eigenvalue weighted by atomic mass is 10.1. The van der Waals surface area contributed by atoms with Crippen molar-refractivity contribution in [2.45, 2.75) is 6.54 Å². The van der Waals surface area contributed by atoms with Gasteiger partial charge in [-0.1, -0.05) is 18.2 Å². The van der Waals surface area contributed by atoms with E-state index in [0.717, 1.165) is 5.56 Å². The predicted octanol–water partition coefficient (Wildman–Crippen LogP) is -0.640. The maximum absolute atomic E-state index is 11.0. The van der Waals surface area contributed by atoms with Crippen LogP contribution in [0.25, 0.3) is 0 Å². The lowest BCUT2D eigenvalue weighted by Crippen LogP contribution is -2.29. The van der Waals surface area contributed by atoms with Gasteiger partial charge in [0, 0.05) is 12.1 Å². The summed E-state index contributed by atoms with van der Waals surface area (Å²) in [6, 6.07) is 6.95. The van der Waals surface area contributed by atoms with Gasteiger partial charge in [0.1, 0.15) is 0 Å². The molecule has 0 fully saturated rings. The predicted molar refractivity (Wildman–Crippen MR) is 55.9 cm³/mol. The molecule has 0 heterocycles. The Morgan fingerprint density at radius 3 is 2.47 bits per heavy atom. The Labute approximate surface area is 87.4 Å². The summed E-state index contributed by atoms with van der Waals surface area (Å²) in [4.78, 5) is 21.5. The average Bonchev–Trinajstić information content (AvgIpc) is 2.17. The van der Waals surface area contributed by atoms with Crippen LogP contribution < -0.4 is 16.8 Å². The molecule has 0 aromatic heterocycles. The fraction of sp³-hybridized carbons (Fsp3) is 0.200. The first-order valence-electron chi connectivity index (χ1n) is 4.48. The fourth-order valence-corrected chi connectivity index (χ4v) is 1.24. The number of benzene rings is 1. The molecule has 0 saturated heterocycles. The topological polar surface area (TPSA) is 98.2 Å². The zero-order chi connectivity index (χ0) is 11.3. The number of hydrogen-bond acceptors (Lipinski definition) is 3. The van der Waals surface area contributed by atoms with Crippen LogP contribution in [0, 0.1) is 0 Å². The molecule has 0 radical (unpaired) electrons. The van der Waals surface area contributed by atoms with Gasteiger partial charge in [-0.3, -0.25) is 9.59 Å². The van der Waals surface area contributed by atoms with Crippen molar-refractivity contribution in [2.24, 2.45) is 11.5 Å². The van der Waals surface area contributed by atoms with Crippen molar-refractivity contribution in [3.05, 3.63) is 35.4 Å². The van der Waals surface area contributed by atoms with Gasteiger partial charge in [-0.15, -0.1) is 0 Å². The van der Waals surface area contributed by atoms with Crippen LogP contribution in [0.5, 0.6) is 0 Å². The van der Waals surface area contributed by atoms with E-state index >= 15 is 0 Å². The molecule has 5 N–H and O–H groups in total. The smallest absolute Gasteiger partial charge is 0.249 e. The van der Waals surface area contributed by atoms with Crippen LogP contribution >= 0.6 is 0 Å². The third kappa shape index (κ3) is 3.40. The van der Waals surface area contributed by atoms with Crippen LogP contribution in [0.2, 0.25) is 0 Å². The molecule has 5 nitrogen and oxygen atoms in total. The third-order valence-corrected chi connectivity index (χ3v) is 1.90. The first-order chi connectivity index (χ1) is 7.11. The Hall–Kier alpha value is -1.88. The van der Waals surface area contributed by atoms with Gasteiger partial charge in [0.15, 0.2) is 0 Å². The van der Waals surface area contributed by atoms with Gasteiger partial charge in [-0.25, -0.2) is 0 Å². The molecule has 80 valence electrons. The SMILES string of the molecule is NC(=O)CNCc1ccccc1C(N)=O. The van der Waals surface area contributed by atoms with E-state index < -0.39 is 11.8 Å². The second-order valence-corrected chi connectivity index (χ2v) is 3.09. The Morgan fingerprint density at radius 1 is 1.20 bits per heavy atom. The zero-order valence-electron chi connectivity index (χ0n) is 8.19. The van der Waals surface area contributed by atoms with E-state index in [1.165, 1.54) is 0 Å². The first-order valence-corrected chi connectivity index (χ1v) is 4.48. The molecular weight excluding hydrogens is 194 g/mol. The van der Waals surface area contributed by atoms with Crippen molar-refractivity contribution in [1.82, 2.24) is 5.32 Å². The molecule has 0 spiro atoms. The van der Waals surface area contributed by atoms with E-state index in [4.69, 9.17) is 11.5 Å². The number of carbonyl (C=O) groups excluding carboxylic acids is 2. The van der Waals surface area contributed by atoms with Crippen molar-refractivity contribution >= 4 is 11.8 Å². The third-order valence-electron chi connectivity index (χ3n) is 1.90. The summed E-state index contributed by atoms with van der Waals surface area (Å²) >= 11 is 0. The van der Waals surface area contributed by atoms with Crippen molar-refractivity contribution in [3.8, 4) is 0 Å². The highest BCUT2D eigenvalue weighted by atomic mass is 16.1. The molecule has 0 bridgehead atoms. The summed E-state index contributed by atoms with van der Waals surface area (Å²) < 4.78 is 0. The van der Waals surface area contributed by atoms with Crippen LogP contribution in [0.1, 0.15) is 15.9 Å². The van der Waals surface area contributed by atoms with Gasteiger partial charge >= 0.3 is 0 Å². The maximum Gasteiger partial charge on any atom is 0.249 e. The normalized spacial score (nSPS) is 9.87. The van der Waals surface area contributed by atoms with E-state index in [2.05, 4.69) is 5.32 Å². The number of nitrogens with one attached hydrogen (secondary N) is 1. The van der Waals surface area contributed by atoms with Gasteiger partial charge in [0.25, 0.3) is 0 Å². The molecular formula is C10H13N3O2. The highest BCUT2D eigenvalue weighted by Gasteiger charge is 2.06. The number of amides is 2. The number of primary amides is 2. The summed E-state index contributed by atoms with van der Waals surface area (Å²) in [7, 11) is 0. The van der Waals surface area contributed by atoms with E-state index in [1.807, 2.05) is 0 Å². The van der Waals surface area contributed by atoms with Crippen molar-refractivity contribution in [2.75, 3.05) is 6.54 Å². The van der Waals surface area contributed by atoms with E-state index in [0.29, 0.717) is 12.1 Å². The van der Waals surface area contributed by atoms with Gasteiger partial charge in [-0.05, 0) is 11.6 Å². The van der Waals surface area contributed by atoms with Crippen LogP contribution in [0.4, 0.5) is 0 Å². The van der Waals surface area contributed by atoms with Gasteiger partial charge in [0.05, 0.1) is 6.54 Å². The maximum atomic E-state index is 11.0. The minimum absolute atomic E-state index is 0.0765. The molecule has 0 saturated carbocycles. The second-order valence-electron chi connectivity index (χ2n) is 3.09. The Bertz CT molecular complexity index is 377. The van der Waals surface area contributed by atoms with E-state index in [-0.39, 0.29) is 6.54 Å². The zero-order valence-corrected chi connectivity index (χ0v) is 8.19. The highest BCUT2D eigenvalue weighted by molar-refractivity contribution is 5.94.